The standard InChI is InChI=1S/C16H13.ClH.Zr/c1-12-10-14-8-5-9-15(16(14)11-12)13-6-3-2-4-7-13;;/h2-11H,1H3;1H;. The number of rotatable bonds is 1. The molecule has 2 heteroatoms. The van der Waals surface area contributed by atoms with Crippen molar-refractivity contribution in [3.05, 3.63) is 65.2 Å². The van der Waals surface area contributed by atoms with Crippen molar-refractivity contribution in [2.75, 3.05) is 0 Å². The molecule has 0 fully saturated rings. The SMILES string of the molecule is CC1=Cc2c(-c3ccccc3)cccc2[CH]1[Zr].Cl. The van der Waals surface area contributed by atoms with E-state index in [0.29, 0.717) is 3.63 Å². The van der Waals surface area contributed by atoms with Crippen molar-refractivity contribution in [1.29, 1.82) is 0 Å². The predicted molar refractivity (Wildman–Crippen MR) is 75.5 cm³/mol. The largest absolute Gasteiger partial charge is 0.147 e. The van der Waals surface area contributed by atoms with Gasteiger partial charge in [0.2, 0.25) is 0 Å². The zero-order chi connectivity index (χ0) is 11.8. The molecule has 0 amide bonds. The van der Waals surface area contributed by atoms with Crippen molar-refractivity contribution in [2.45, 2.75) is 10.5 Å². The van der Waals surface area contributed by atoms with Crippen LogP contribution < -0.4 is 0 Å². The molecule has 18 heavy (non-hydrogen) atoms. The molecule has 0 saturated heterocycles. The molecule has 0 saturated carbocycles. The first kappa shape index (κ1) is 13.8. The van der Waals surface area contributed by atoms with Gasteiger partial charge in [0.05, 0.1) is 0 Å². The first-order valence-corrected chi connectivity index (χ1v) is 7.27. The summed E-state index contributed by atoms with van der Waals surface area (Å²) < 4.78 is 0.654. The maximum atomic E-state index is 2.36. The monoisotopic (exact) mass is 331 g/mol. The van der Waals surface area contributed by atoms with Gasteiger partial charge in [0, 0.05) is 0 Å². The number of hydrogen-bond acceptors (Lipinski definition) is 0. The van der Waals surface area contributed by atoms with Crippen molar-refractivity contribution < 1.29 is 24.7 Å². The number of fused-ring (bicyclic) bond motifs is 1. The van der Waals surface area contributed by atoms with E-state index in [1.165, 1.54) is 27.8 Å². The molecule has 1 aliphatic carbocycles. The first-order valence-electron chi connectivity index (χ1n) is 5.85. The van der Waals surface area contributed by atoms with E-state index in [9.17, 15) is 0 Å². The van der Waals surface area contributed by atoms with Crippen LogP contribution in [0.4, 0.5) is 0 Å². The zero-order valence-corrected chi connectivity index (χ0v) is 13.5. The van der Waals surface area contributed by atoms with Crippen LogP contribution in [-0.2, 0) is 24.7 Å². The van der Waals surface area contributed by atoms with Crippen LogP contribution in [0.15, 0.2) is 54.1 Å². The summed E-state index contributed by atoms with van der Waals surface area (Å²) in [5.74, 6) is 0. The number of allylic oxidation sites excluding steroid dienone is 1. The maximum absolute atomic E-state index is 2.36. The average Bonchev–Trinajstić information content (AvgIpc) is 2.67. The maximum Gasteiger partial charge on any atom is -0.147 e. The van der Waals surface area contributed by atoms with Gasteiger partial charge in [-0.05, 0) is 0 Å². The van der Waals surface area contributed by atoms with E-state index in [4.69, 9.17) is 0 Å². The summed E-state index contributed by atoms with van der Waals surface area (Å²) in [6, 6.07) is 17.3. The third-order valence-electron chi connectivity index (χ3n) is 3.36. The van der Waals surface area contributed by atoms with Crippen LogP contribution in [-0.4, -0.2) is 0 Å². The molecule has 89 valence electrons. The van der Waals surface area contributed by atoms with Gasteiger partial charge in [-0.3, -0.25) is 0 Å². The molecule has 0 aliphatic heterocycles. The van der Waals surface area contributed by atoms with Gasteiger partial charge in [-0.1, -0.05) is 0 Å². The summed E-state index contributed by atoms with van der Waals surface area (Å²) in [6.45, 7) is 2.24. The minimum Gasteiger partial charge on any atom is -0.147 e. The Balaban J connectivity index is 0.00000120. The van der Waals surface area contributed by atoms with E-state index >= 15 is 0 Å². The summed E-state index contributed by atoms with van der Waals surface area (Å²) in [4.78, 5) is 0. The van der Waals surface area contributed by atoms with Crippen LogP contribution >= 0.6 is 12.4 Å². The molecule has 3 rings (SSSR count). The smallest absolute Gasteiger partial charge is 0.147 e. The van der Waals surface area contributed by atoms with Gasteiger partial charge in [-0.25, -0.2) is 0 Å². The molecule has 0 N–H and O–H groups in total. The van der Waals surface area contributed by atoms with Gasteiger partial charge in [0.15, 0.2) is 0 Å². The Morgan fingerprint density at radius 2 is 1.67 bits per heavy atom. The third kappa shape index (κ3) is 2.27. The van der Waals surface area contributed by atoms with Gasteiger partial charge < -0.3 is 0 Å². The van der Waals surface area contributed by atoms with E-state index in [0.717, 1.165) is 0 Å². The van der Waals surface area contributed by atoms with Crippen molar-refractivity contribution in [1.82, 2.24) is 0 Å². The van der Waals surface area contributed by atoms with Crippen LogP contribution in [0.5, 0.6) is 0 Å². The van der Waals surface area contributed by atoms with Gasteiger partial charge in [-0.2, -0.15) is 0 Å². The quantitative estimate of drug-likeness (QED) is 0.705. The Labute approximate surface area is 129 Å². The van der Waals surface area contributed by atoms with E-state index in [2.05, 4.69) is 61.5 Å². The van der Waals surface area contributed by atoms with Crippen LogP contribution in [0.3, 0.4) is 0 Å². The Morgan fingerprint density at radius 3 is 2.39 bits per heavy atom. The molecular formula is C16H14ClZr. The fraction of sp³-hybridized carbons (Fsp3) is 0.125. The van der Waals surface area contributed by atoms with Crippen LogP contribution in [0.1, 0.15) is 21.7 Å². The fourth-order valence-corrected chi connectivity index (χ4v) is 3.25. The molecule has 1 atom stereocenters. The van der Waals surface area contributed by atoms with E-state index in [1.54, 1.807) is 24.7 Å². The second-order valence-corrected chi connectivity index (χ2v) is 5.92. The van der Waals surface area contributed by atoms with Gasteiger partial charge in [-0.15, -0.1) is 12.4 Å². The molecule has 1 unspecified atom stereocenters. The first-order chi connectivity index (χ1) is 8.27. The normalized spacial score (nSPS) is 16.7. The molecule has 2 aromatic carbocycles. The van der Waals surface area contributed by atoms with Crippen molar-refractivity contribution in [3.63, 3.8) is 0 Å². The number of halogens is 1. The molecule has 0 heterocycles. The molecule has 0 nitrogen and oxygen atoms in total. The Kier molecular flexibility index (Phi) is 4.25. The molecule has 0 spiro atoms. The molecule has 0 aromatic heterocycles. The number of hydrogen-bond donors (Lipinski definition) is 0. The minimum absolute atomic E-state index is 0. The summed E-state index contributed by atoms with van der Waals surface area (Å²) in [5.41, 5.74) is 7.12. The van der Waals surface area contributed by atoms with Crippen molar-refractivity contribution in [2.24, 2.45) is 0 Å². The van der Waals surface area contributed by atoms with Crippen LogP contribution in [0.2, 0.25) is 0 Å². The van der Waals surface area contributed by atoms with Crippen LogP contribution in [0.25, 0.3) is 17.2 Å². The van der Waals surface area contributed by atoms with E-state index in [1.807, 2.05) is 0 Å². The van der Waals surface area contributed by atoms with Crippen LogP contribution in [0, 0.1) is 0 Å². The Bertz CT molecular complexity index is 587. The van der Waals surface area contributed by atoms with E-state index < -0.39 is 0 Å². The topological polar surface area (TPSA) is 0 Å². The summed E-state index contributed by atoms with van der Waals surface area (Å²) in [7, 11) is 0. The van der Waals surface area contributed by atoms with Gasteiger partial charge >= 0.3 is 118 Å². The minimum atomic E-state index is 0. The van der Waals surface area contributed by atoms with Crippen molar-refractivity contribution in [3.8, 4) is 11.1 Å². The fourth-order valence-electron chi connectivity index (χ4n) is 2.42. The third-order valence-corrected chi connectivity index (χ3v) is 5.25. The molecule has 0 radical (unpaired) electrons. The molecule has 2 aromatic rings. The summed E-state index contributed by atoms with van der Waals surface area (Å²) in [6.07, 6.45) is 2.36. The molecule has 1 aliphatic rings. The van der Waals surface area contributed by atoms with Gasteiger partial charge in [0.25, 0.3) is 0 Å². The summed E-state index contributed by atoms with van der Waals surface area (Å²) in [5, 5.41) is 0. The second kappa shape index (κ2) is 5.55. The van der Waals surface area contributed by atoms with Gasteiger partial charge in [0.1, 0.15) is 0 Å². The van der Waals surface area contributed by atoms with E-state index in [-0.39, 0.29) is 12.4 Å². The Hall–Kier alpha value is -0.647. The predicted octanol–water partition coefficient (Wildman–Crippen LogP) is 4.78. The Morgan fingerprint density at radius 1 is 0.944 bits per heavy atom. The average molecular weight is 333 g/mol. The molecule has 0 bridgehead atoms. The number of benzene rings is 2. The van der Waals surface area contributed by atoms with Crippen molar-refractivity contribution >= 4 is 18.5 Å². The summed E-state index contributed by atoms with van der Waals surface area (Å²) >= 11 is 1.58. The zero-order valence-electron chi connectivity index (χ0n) is 10.2. The second-order valence-electron chi connectivity index (χ2n) is 4.50. The molecular weight excluding hydrogens is 319 g/mol.